The second-order valence-corrected chi connectivity index (χ2v) is 6.20. The summed E-state index contributed by atoms with van der Waals surface area (Å²) in [6.07, 6.45) is 0.989. The number of Topliss-reactive ketones (excluding diaryl/α,β-unsaturated/α-hetero) is 1. The number of hydrogen-bond donors (Lipinski definition) is 0. The van der Waals surface area contributed by atoms with Gasteiger partial charge in [-0.2, -0.15) is 0 Å². The number of ketones is 1. The Labute approximate surface area is 108 Å². The number of aromatic nitrogens is 2. The van der Waals surface area contributed by atoms with Crippen LogP contribution in [0, 0.1) is 6.92 Å². The van der Waals surface area contributed by atoms with Gasteiger partial charge in [0.15, 0.2) is 4.34 Å². The van der Waals surface area contributed by atoms with Crippen LogP contribution in [-0.2, 0) is 9.59 Å². The lowest BCUT2D eigenvalue weighted by Gasteiger charge is -2.25. The fourth-order valence-electron chi connectivity index (χ4n) is 1.56. The number of hydrogen-bond acceptors (Lipinski definition) is 6. The zero-order chi connectivity index (χ0) is 12.3. The lowest BCUT2D eigenvalue weighted by molar-refractivity contribution is -0.132. The summed E-state index contributed by atoms with van der Waals surface area (Å²) in [5, 5.41) is 8.75. The van der Waals surface area contributed by atoms with Crippen LogP contribution in [0.1, 0.15) is 17.8 Å². The minimum atomic E-state index is 0.0790. The number of piperidine rings is 1. The van der Waals surface area contributed by atoms with E-state index in [0.717, 1.165) is 9.35 Å². The van der Waals surface area contributed by atoms with Crippen LogP contribution in [0.3, 0.4) is 0 Å². The number of carbonyl (C=O) groups excluding carboxylic acids is 2. The molecule has 2 heterocycles. The van der Waals surface area contributed by atoms with E-state index in [2.05, 4.69) is 10.2 Å². The Morgan fingerprint density at radius 3 is 2.71 bits per heavy atom. The molecule has 0 aromatic carbocycles. The van der Waals surface area contributed by atoms with Crippen molar-refractivity contribution in [1.29, 1.82) is 0 Å². The molecule has 17 heavy (non-hydrogen) atoms. The lowest BCUT2D eigenvalue weighted by atomic mass is 10.1. The van der Waals surface area contributed by atoms with Crippen LogP contribution in [0.5, 0.6) is 0 Å². The van der Waals surface area contributed by atoms with Crippen molar-refractivity contribution >= 4 is 34.8 Å². The van der Waals surface area contributed by atoms with Crippen molar-refractivity contribution in [2.24, 2.45) is 0 Å². The zero-order valence-corrected chi connectivity index (χ0v) is 11.1. The van der Waals surface area contributed by atoms with Gasteiger partial charge in [-0.15, -0.1) is 10.2 Å². The molecule has 0 N–H and O–H groups in total. The average Bonchev–Trinajstić information content (AvgIpc) is 2.73. The fourth-order valence-corrected chi connectivity index (χ4v) is 3.28. The molecule has 5 nitrogen and oxygen atoms in total. The standard InChI is InChI=1S/C10H13N3O2S2/c1-7-11-12-10(17-7)16-6-9(15)13-4-2-8(14)3-5-13/h2-6H2,1H3. The van der Waals surface area contributed by atoms with Crippen LogP contribution in [0.2, 0.25) is 0 Å². The molecule has 1 aromatic rings. The van der Waals surface area contributed by atoms with Gasteiger partial charge in [0.05, 0.1) is 5.75 Å². The van der Waals surface area contributed by atoms with Gasteiger partial charge in [-0.1, -0.05) is 23.1 Å². The fraction of sp³-hybridized carbons (Fsp3) is 0.600. The molecule has 1 aromatic heterocycles. The van der Waals surface area contributed by atoms with Gasteiger partial charge in [-0.05, 0) is 6.92 Å². The minimum Gasteiger partial charge on any atom is -0.341 e. The molecule has 7 heteroatoms. The summed E-state index contributed by atoms with van der Waals surface area (Å²) in [7, 11) is 0. The molecule has 1 aliphatic rings. The summed E-state index contributed by atoms with van der Waals surface area (Å²) in [5.41, 5.74) is 0. The molecule has 2 rings (SSSR count). The maximum Gasteiger partial charge on any atom is 0.233 e. The molecule has 0 unspecified atom stereocenters. The van der Waals surface area contributed by atoms with Gasteiger partial charge in [0.2, 0.25) is 5.91 Å². The number of thioether (sulfide) groups is 1. The third-order valence-corrected chi connectivity index (χ3v) is 4.46. The SMILES string of the molecule is Cc1nnc(SCC(=O)N2CCC(=O)CC2)s1. The van der Waals surface area contributed by atoms with Gasteiger partial charge in [0.1, 0.15) is 10.8 Å². The van der Waals surface area contributed by atoms with E-state index in [4.69, 9.17) is 0 Å². The van der Waals surface area contributed by atoms with E-state index in [1.807, 2.05) is 6.92 Å². The van der Waals surface area contributed by atoms with Gasteiger partial charge in [-0.25, -0.2) is 0 Å². The van der Waals surface area contributed by atoms with E-state index in [-0.39, 0.29) is 11.7 Å². The van der Waals surface area contributed by atoms with Gasteiger partial charge in [-0.3, -0.25) is 9.59 Å². The Morgan fingerprint density at radius 1 is 1.41 bits per heavy atom. The quantitative estimate of drug-likeness (QED) is 0.771. The van der Waals surface area contributed by atoms with Gasteiger partial charge in [0, 0.05) is 25.9 Å². The second kappa shape index (κ2) is 5.59. The maximum atomic E-state index is 11.8. The molecule has 92 valence electrons. The first-order chi connectivity index (χ1) is 8.15. The Hall–Kier alpha value is -0.950. The van der Waals surface area contributed by atoms with Crippen molar-refractivity contribution in [1.82, 2.24) is 15.1 Å². The van der Waals surface area contributed by atoms with E-state index in [0.29, 0.717) is 31.7 Å². The third-order valence-electron chi connectivity index (χ3n) is 2.50. The molecule has 1 amide bonds. The molecular formula is C10H13N3O2S2. The first-order valence-electron chi connectivity index (χ1n) is 5.37. The summed E-state index contributed by atoms with van der Waals surface area (Å²) < 4.78 is 0.823. The minimum absolute atomic E-state index is 0.0790. The Bertz CT molecular complexity index is 423. The first kappa shape index (κ1) is 12.5. The second-order valence-electron chi connectivity index (χ2n) is 3.80. The highest BCUT2D eigenvalue weighted by molar-refractivity contribution is 8.01. The van der Waals surface area contributed by atoms with E-state index in [1.54, 1.807) is 4.90 Å². The Kier molecular flexibility index (Phi) is 4.11. The highest BCUT2D eigenvalue weighted by Gasteiger charge is 2.20. The van der Waals surface area contributed by atoms with Crippen LogP contribution in [0.4, 0.5) is 0 Å². The van der Waals surface area contributed by atoms with Crippen molar-refractivity contribution in [3.8, 4) is 0 Å². The van der Waals surface area contributed by atoms with Crippen molar-refractivity contribution < 1.29 is 9.59 Å². The summed E-state index contributed by atoms with van der Waals surface area (Å²) in [6.45, 7) is 3.01. The Morgan fingerprint density at radius 2 is 2.12 bits per heavy atom. The smallest absolute Gasteiger partial charge is 0.233 e. The van der Waals surface area contributed by atoms with Crippen molar-refractivity contribution in [2.45, 2.75) is 24.1 Å². The van der Waals surface area contributed by atoms with Gasteiger partial charge >= 0.3 is 0 Å². The van der Waals surface area contributed by atoms with Crippen molar-refractivity contribution in [3.63, 3.8) is 0 Å². The van der Waals surface area contributed by atoms with Gasteiger partial charge < -0.3 is 4.90 Å². The van der Waals surface area contributed by atoms with Crippen molar-refractivity contribution in [2.75, 3.05) is 18.8 Å². The molecule has 0 atom stereocenters. The average molecular weight is 271 g/mol. The molecular weight excluding hydrogens is 258 g/mol. The summed E-state index contributed by atoms with van der Waals surface area (Å²) in [5.74, 6) is 0.708. The molecule has 0 radical (unpaired) electrons. The monoisotopic (exact) mass is 271 g/mol. The van der Waals surface area contributed by atoms with E-state index in [1.165, 1.54) is 23.1 Å². The number of amides is 1. The summed E-state index contributed by atoms with van der Waals surface area (Å²) >= 11 is 2.91. The highest BCUT2D eigenvalue weighted by Crippen LogP contribution is 2.22. The number of aryl methyl sites for hydroxylation is 1. The predicted molar refractivity (Wildman–Crippen MR) is 66.2 cm³/mol. The van der Waals surface area contributed by atoms with Crippen LogP contribution >= 0.6 is 23.1 Å². The van der Waals surface area contributed by atoms with Crippen LogP contribution in [0.25, 0.3) is 0 Å². The van der Waals surface area contributed by atoms with Crippen LogP contribution in [0.15, 0.2) is 4.34 Å². The Balaban J connectivity index is 1.79. The molecule has 0 bridgehead atoms. The van der Waals surface area contributed by atoms with Crippen LogP contribution in [-0.4, -0.2) is 45.6 Å². The molecule has 0 saturated carbocycles. The summed E-state index contributed by atoms with van der Waals surface area (Å²) in [4.78, 5) is 24.6. The number of rotatable bonds is 3. The molecule has 1 aliphatic heterocycles. The number of nitrogens with zero attached hydrogens (tertiary/aromatic N) is 3. The van der Waals surface area contributed by atoms with Gasteiger partial charge in [0.25, 0.3) is 0 Å². The molecule has 1 saturated heterocycles. The third kappa shape index (κ3) is 3.50. The van der Waals surface area contributed by atoms with E-state index in [9.17, 15) is 9.59 Å². The number of carbonyl (C=O) groups is 2. The molecule has 1 fully saturated rings. The zero-order valence-electron chi connectivity index (χ0n) is 9.51. The first-order valence-corrected chi connectivity index (χ1v) is 7.18. The van der Waals surface area contributed by atoms with Crippen LogP contribution < -0.4 is 0 Å². The number of likely N-dealkylation sites (tertiary alicyclic amines) is 1. The topological polar surface area (TPSA) is 63.2 Å². The van der Waals surface area contributed by atoms with Crippen molar-refractivity contribution in [3.05, 3.63) is 5.01 Å². The summed E-state index contributed by atoms with van der Waals surface area (Å²) in [6, 6.07) is 0. The van der Waals surface area contributed by atoms with E-state index >= 15 is 0 Å². The highest BCUT2D eigenvalue weighted by atomic mass is 32.2. The maximum absolute atomic E-state index is 11.8. The molecule has 0 aliphatic carbocycles. The largest absolute Gasteiger partial charge is 0.341 e. The lowest BCUT2D eigenvalue weighted by Crippen LogP contribution is -2.39. The van der Waals surface area contributed by atoms with E-state index < -0.39 is 0 Å². The normalized spacial score (nSPS) is 16.3. The predicted octanol–water partition coefficient (Wildman–Crippen LogP) is 1.13. The molecule has 0 spiro atoms.